The number of aromatic amines is 1. The third-order valence-corrected chi connectivity index (χ3v) is 3.87. The molecular formula is C12H13BrN4OS. The quantitative estimate of drug-likeness (QED) is 0.744. The van der Waals surface area contributed by atoms with E-state index in [4.69, 9.17) is 11.5 Å². The molecule has 5 nitrogen and oxygen atoms in total. The van der Waals surface area contributed by atoms with E-state index < -0.39 is 0 Å². The Kier molecular flexibility index (Phi) is 4.28. The van der Waals surface area contributed by atoms with Crippen LogP contribution in [0.5, 0.6) is 0 Å². The molecule has 0 aliphatic rings. The highest BCUT2D eigenvalue weighted by molar-refractivity contribution is 9.10. The number of rotatable bonds is 3. The Bertz CT molecular complexity index is 656. The minimum Gasteiger partial charge on any atom is -0.383 e. The molecule has 2 rings (SSSR count). The summed E-state index contributed by atoms with van der Waals surface area (Å²) >= 11 is 4.74. The number of nitrogens with one attached hydrogen (secondary N) is 1. The van der Waals surface area contributed by atoms with Gasteiger partial charge in [-0.15, -0.1) is 0 Å². The van der Waals surface area contributed by atoms with Gasteiger partial charge in [0.15, 0.2) is 5.16 Å². The first-order valence-corrected chi connectivity index (χ1v) is 7.16. The largest absolute Gasteiger partial charge is 0.383 e. The third-order valence-electron chi connectivity index (χ3n) is 2.41. The van der Waals surface area contributed by atoms with Gasteiger partial charge in [-0.1, -0.05) is 33.8 Å². The van der Waals surface area contributed by atoms with Crippen LogP contribution in [0.1, 0.15) is 18.5 Å². The minimum absolute atomic E-state index is 0.108. The molecule has 0 aliphatic heterocycles. The SMILES string of the molecule is CC(N)c1ccc(Br)cc1Sc1nc(N)cc(=O)[nH]1. The maximum Gasteiger partial charge on any atom is 0.253 e. The molecule has 0 radical (unpaired) electrons. The van der Waals surface area contributed by atoms with Gasteiger partial charge in [0.25, 0.3) is 5.56 Å². The van der Waals surface area contributed by atoms with Crippen LogP contribution in [0.2, 0.25) is 0 Å². The zero-order chi connectivity index (χ0) is 14.0. The van der Waals surface area contributed by atoms with Crippen LogP contribution < -0.4 is 17.0 Å². The second-order valence-electron chi connectivity index (χ2n) is 4.05. The molecule has 0 spiro atoms. The lowest BCUT2D eigenvalue weighted by atomic mass is 10.1. The Hall–Kier alpha value is -1.31. The molecule has 0 aliphatic carbocycles. The zero-order valence-electron chi connectivity index (χ0n) is 10.2. The van der Waals surface area contributed by atoms with Crippen molar-refractivity contribution in [2.75, 3.05) is 5.73 Å². The number of nitrogens with zero attached hydrogens (tertiary/aromatic N) is 1. The monoisotopic (exact) mass is 340 g/mol. The van der Waals surface area contributed by atoms with Crippen LogP contribution in [0.15, 0.2) is 43.6 Å². The molecule has 1 atom stereocenters. The fourth-order valence-corrected chi connectivity index (χ4v) is 3.16. The molecule has 0 fully saturated rings. The van der Waals surface area contributed by atoms with Gasteiger partial charge in [0.1, 0.15) is 5.82 Å². The lowest BCUT2D eigenvalue weighted by molar-refractivity contribution is 0.796. The van der Waals surface area contributed by atoms with E-state index in [1.165, 1.54) is 17.8 Å². The fraction of sp³-hybridized carbons (Fsp3) is 0.167. The molecular weight excluding hydrogens is 328 g/mol. The van der Waals surface area contributed by atoms with Crippen molar-refractivity contribution in [3.05, 3.63) is 44.7 Å². The highest BCUT2D eigenvalue weighted by Gasteiger charge is 2.10. The van der Waals surface area contributed by atoms with Crippen molar-refractivity contribution in [2.24, 2.45) is 5.73 Å². The van der Waals surface area contributed by atoms with Gasteiger partial charge in [0.05, 0.1) is 0 Å². The number of nitrogens with two attached hydrogens (primary N) is 2. The van der Waals surface area contributed by atoms with Crippen molar-refractivity contribution in [3.63, 3.8) is 0 Å². The second kappa shape index (κ2) is 5.77. The second-order valence-corrected chi connectivity index (χ2v) is 5.99. The Morgan fingerprint density at radius 2 is 2.16 bits per heavy atom. The Balaban J connectivity index is 2.42. The van der Waals surface area contributed by atoms with Crippen LogP contribution in [0.4, 0.5) is 5.82 Å². The summed E-state index contributed by atoms with van der Waals surface area (Å²) in [5, 5.41) is 0.449. The van der Waals surface area contributed by atoms with E-state index in [1.54, 1.807) is 0 Å². The average molecular weight is 341 g/mol. The number of halogens is 1. The first kappa shape index (κ1) is 14.1. The fourth-order valence-electron chi connectivity index (χ4n) is 1.58. The number of hydrogen-bond donors (Lipinski definition) is 3. The van der Waals surface area contributed by atoms with Crippen molar-refractivity contribution in [1.82, 2.24) is 9.97 Å². The molecule has 0 bridgehead atoms. The van der Waals surface area contributed by atoms with Crippen LogP contribution >= 0.6 is 27.7 Å². The third kappa shape index (κ3) is 3.59. The van der Waals surface area contributed by atoms with E-state index in [-0.39, 0.29) is 17.4 Å². The van der Waals surface area contributed by atoms with E-state index in [1.807, 2.05) is 25.1 Å². The molecule has 1 aromatic carbocycles. The Morgan fingerprint density at radius 3 is 2.79 bits per heavy atom. The number of nitrogen functional groups attached to an aromatic ring is 1. The van der Waals surface area contributed by atoms with E-state index >= 15 is 0 Å². The molecule has 1 unspecified atom stereocenters. The highest BCUT2D eigenvalue weighted by atomic mass is 79.9. The van der Waals surface area contributed by atoms with Gasteiger partial charge in [0.2, 0.25) is 0 Å². The predicted octanol–water partition coefficient (Wildman–Crippen LogP) is 2.29. The summed E-state index contributed by atoms with van der Waals surface area (Å²) in [5.41, 5.74) is 12.2. The molecule has 1 aromatic heterocycles. The summed E-state index contributed by atoms with van der Waals surface area (Å²) in [5.74, 6) is 0.198. The van der Waals surface area contributed by atoms with E-state index in [2.05, 4.69) is 25.9 Å². The molecule has 100 valence electrons. The highest BCUT2D eigenvalue weighted by Crippen LogP contribution is 2.32. The van der Waals surface area contributed by atoms with Gasteiger partial charge in [0, 0.05) is 21.5 Å². The van der Waals surface area contributed by atoms with Crippen LogP contribution in [0.25, 0.3) is 0 Å². The van der Waals surface area contributed by atoms with Gasteiger partial charge in [-0.25, -0.2) is 4.98 Å². The Morgan fingerprint density at radius 1 is 1.42 bits per heavy atom. The van der Waals surface area contributed by atoms with E-state index in [0.29, 0.717) is 5.16 Å². The van der Waals surface area contributed by atoms with Crippen molar-refractivity contribution < 1.29 is 0 Å². The lowest BCUT2D eigenvalue weighted by Gasteiger charge is -2.12. The summed E-state index contributed by atoms with van der Waals surface area (Å²) in [7, 11) is 0. The smallest absolute Gasteiger partial charge is 0.253 e. The number of H-pyrrole nitrogens is 1. The van der Waals surface area contributed by atoms with Gasteiger partial charge in [-0.3, -0.25) is 4.79 Å². The first-order chi connectivity index (χ1) is 8.95. The first-order valence-electron chi connectivity index (χ1n) is 5.55. The molecule has 0 saturated heterocycles. The topological polar surface area (TPSA) is 97.8 Å². The zero-order valence-corrected chi connectivity index (χ0v) is 12.6. The minimum atomic E-state index is -0.271. The van der Waals surface area contributed by atoms with Crippen LogP contribution in [-0.2, 0) is 0 Å². The maximum atomic E-state index is 11.4. The van der Waals surface area contributed by atoms with Gasteiger partial charge < -0.3 is 16.5 Å². The summed E-state index contributed by atoms with van der Waals surface area (Å²) in [6, 6.07) is 6.95. The summed E-state index contributed by atoms with van der Waals surface area (Å²) in [6.45, 7) is 1.91. The van der Waals surface area contributed by atoms with Crippen molar-refractivity contribution in [1.29, 1.82) is 0 Å². The maximum absolute atomic E-state index is 11.4. The van der Waals surface area contributed by atoms with Crippen LogP contribution in [0.3, 0.4) is 0 Å². The van der Waals surface area contributed by atoms with Crippen LogP contribution in [-0.4, -0.2) is 9.97 Å². The van der Waals surface area contributed by atoms with Gasteiger partial charge >= 0.3 is 0 Å². The number of benzene rings is 1. The average Bonchev–Trinajstić information content (AvgIpc) is 2.26. The number of anilines is 1. The van der Waals surface area contributed by atoms with Crippen molar-refractivity contribution >= 4 is 33.5 Å². The lowest BCUT2D eigenvalue weighted by Crippen LogP contribution is -2.10. The number of hydrogen-bond acceptors (Lipinski definition) is 5. The van der Waals surface area contributed by atoms with Gasteiger partial charge in [-0.05, 0) is 24.6 Å². The van der Waals surface area contributed by atoms with E-state index in [9.17, 15) is 4.79 Å². The molecule has 19 heavy (non-hydrogen) atoms. The van der Waals surface area contributed by atoms with Crippen molar-refractivity contribution in [2.45, 2.75) is 23.0 Å². The van der Waals surface area contributed by atoms with Crippen LogP contribution in [0, 0.1) is 0 Å². The molecule has 7 heteroatoms. The number of aromatic nitrogens is 2. The van der Waals surface area contributed by atoms with Crippen molar-refractivity contribution in [3.8, 4) is 0 Å². The van der Waals surface area contributed by atoms with E-state index in [0.717, 1.165) is 14.9 Å². The molecule has 0 saturated carbocycles. The summed E-state index contributed by atoms with van der Waals surface area (Å²) < 4.78 is 0.936. The normalized spacial score (nSPS) is 12.4. The summed E-state index contributed by atoms with van der Waals surface area (Å²) in [6.07, 6.45) is 0. The molecule has 0 amide bonds. The Labute approximate surface area is 122 Å². The van der Waals surface area contributed by atoms with Gasteiger partial charge in [-0.2, -0.15) is 0 Å². The molecule has 2 aromatic rings. The summed E-state index contributed by atoms with van der Waals surface area (Å²) in [4.78, 5) is 19.0. The molecule has 5 N–H and O–H groups in total. The molecule has 1 heterocycles. The predicted molar refractivity (Wildman–Crippen MR) is 80.1 cm³/mol. The standard InChI is InChI=1S/C12H13BrN4OS/c1-6(14)8-3-2-7(13)4-9(8)19-12-16-10(15)5-11(18)17-12/h2-6H,14H2,1H3,(H3,15,16,17,18).